The molecule has 1 aliphatic rings. The van der Waals surface area contributed by atoms with Gasteiger partial charge >= 0.3 is 5.97 Å². The first-order chi connectivity index (χ1) is 21.1. The maximum atomic E-state index is 13.8. The minimum Gasteiger partial charge on any atom is -0.512 e. The van der Waals surface area contributed by atoms with E-state index >= 15 is 0 Å². The monoisotopic (exact) mass is 611 g/mol. The highest BCUT2D eigenvalue weighted by Gasteiger charge is 2.32. The lowest BCUT2D eigenvalue weighted by atomic mass is 9.95. The number of hydrogen-bond acceptors (Lipinski definition) is 9. The SMILES string of the molecule is CNC(CC(=O)OOC)C(=O)NC(CC1=CC=C(O)CC1)C(=O)NC(Cc1c[nH]c2ccccc12)C(=O)NC(C=O)C(C)C. The molecule has 1 heterocycles. The molecule has 2 aromatic rings. The van der Waals surface area contributed by atoms with Gasteiger partial charge in [-0.2, -0.15) is 4.89 Å². The Bertz CT molecular complexity index is 1400. The van der Waals surface area contributed by atoms with Gasteiger partial charge in [-0.1, -0.05) is 43.7 Å². The van der Waals surface area contributed by atoms with Gasteiger partial charge in [-0.25, -0.2) is 4.79 Å². The Hall–Kier alpha value is -4.49. The van der Waals surface area contributed by atoms with Gasteiger partial charge in [-0.3, -0.25) is 19.3 Å². The van der Waals surface area contributed by atoms with Crippen molar-refractivity contribution in [3.63, 3.8) is 0 Å². The molecule has 0 spiro atoms. The normalized spacial score (nSPS) is 15.8. The van der Waals surface area contributed by atoms with Crippen LogP contribution in [0.3, 0.4) is 0 Å². The highest BCUT2D eigenvalue weighted by Crippen LogP contribution is 2.22. The van der Waals surface area contributed by atoms with E-state index in [1.54, 1.807) is 26.1 Å². The predicted molar refractivity (Wildman–Crippen MR) is 162 cm³/mol. The number of likely N-dealkylation sites (N-methyl/N-ethyl adjacent to an activating group) is 1. The van der Waals surface area contributed by atoms with Crippen molar-refractivity contribution in [2.24, 2.45) is 5.92 Å². The van der Waals surface area contributed by atoms with E-state index in [4.69, 9.17) is 0 Å². The van der Waals surface area contributed by atoms with Gasteiger partial charge in [-0.05, 0) is 43.5 Å². The van der Waals surface area contributed by atoms with Gasteiger partial charge in [0, 0.05) is 29.9 Å². The summed E-state index contributed by atoms with van der Waals surface area (Å²) in [5.41, 5.74) is 2.43. The first-order valence-electron chi connectivity index (χ1n) is 14.5. The number of allylic oxidation sites excluding steroid dienone is 3. The summed E-state index contributed by atoms with van der Waals surface area (Å²) < 4.78 is 0. The van der Waals surface area contributed by atoms with Crippen molar-refractivity contribution < 1.29 is 38.9 Å². The number of carbonyl (C=O) groups excluding carboxylic acids is 5. The second-order valence-corrected chi connectivity index (χ2v) is 11.0. The smallest absolute Gasteiger partial charge is 0.344 e. The molecule has 13 nitrogen and oxygen atoms in total. The van der Waals surface area contributed by atoms with Crippen LogP contribution in [0, 0.1) is 5.92 Å². The minimum absolute atomic E-state index is 0.0880. The number of benzene rings is 1. The molecule has 1 aromatic carbocycles. The van der Waals surface area contributed by atoms with Crippen LogP contribution in [0.4, 0.5) is 0 Å². The number of amides is 3. The van der Waals surface area contributed by atoms with Gasteiger partial charge in [0.2, 0.25) is 17.7 Å². The van der Waals surface area contributed by atoms with E-state index in [2.05, 4.69) is 36.0 Å². The van der Waals surface area contributed by atoms with Gasteiger partial charge < -0.3 is 36.2 Å². The average Bonchev–Trinajstić information content (AvgIpc) is 3.41. The van der Waals surface area contributed by atoms with Crippen molar-refractivity contribution in [2.75, 3.05) is 14.2 Å². The highest BCUT2D eigenvalue weighted by molar-refractivity contribution is 5.95. The number of nitrogens with one attached hydrogen (secondary N) is 5. The zero-order chi connectivity index (χ0) is 32.2. The molecule has 4 unspecified atom stereocenters. The van der Waals surface area contributed by atoms with Crippen LogP contribution in [0.15, 0.2) is 53.9 Å². The lowest BCUT2D eigenvalue weighted by Gasteiger charge is -2.27. The number of aromatic nitrogens is 1. The number of fused-ring (bicyclic) bond motifs is 1. The number of aromatic amines is 1. The quantitative estimate of drug-likeness (QED) is 0.0932. The van der Waals surface area contributed by atoms with Crippen LogP contribution in [-0.2, 0) is 40.2 Å². The van der Waals surface area contributed by atoms with Crippen LogP contribution in [-0.4, -0.2) is 78.4 Å². The molecule has 4 atom stereocenters. The molecule has 6 N–H and O–H groups in total. The zero-order valence-corrected chi connectivity index (χ0v) is 25.3. The second-order valence-electron chi connectivity index (χ2n) is 11.0. The molecular formula is C31H41N5O8. The van der Waals surface area contributed by atoms with E-state index in [1.165, 1.54) is 13.1 Å². The number of aliphatic hydroxyl groups is 1. The Morgan fingerprint density at radius 2 is 1.61 bits per heavy atom. The third-order valence-electron chi connectivity index (χ3n) is 7.43. The van der Waals surface area contributed by atoms with Crippen molar-refractivity contribution >= 4 is 40.9 Å². The Morgan fingerprint density at radius 1 is 0.955 bits per heavy atom. The van der Waals surface area contributed by atoms with Crippen LogP contribution in [0.1, 0.15) is 45.1 Å². The topological polar surface area (TPSA) is 188 Å². The van der Waals surface area contributed by atoms with Crippen molar-refractivity contribution in [3.8, 4) is 0 Å². The Labute approximate surface area is 255 Å². The van der Waals surface area contributed by atoms with Crippen molar-refractivity contribution in [1.82, 2.24) is 26.3 Å². The van der Waals surface area contributed by atoms with Crippen molar-refractivity contribution in [1.29, 1.82) is 0 Å². The van der Waals surface area contributed by atoms with E-state index in [-0.39, 0.29) is 30.9 Å². The lowest BCUT2D eigenvalue weighted by molar-refractivity contribution is -0.255. The number of aliphatic hydroxyl groups excluding tert-OH is 1. The molecular weight excluding hydrogens is 570 g/mol. The molecule has 1 aliphatic carbocycles. The molecule has 0 saturated heterocycles. The fourth-order valence-electron chi connectivity index (χ4n) is 4.83. The largest absolute Gasteiger partial charge is 0.512 e. The summed E-state index contributed by atoms with van der Waals surface area (Å²) in [7, 11) is 2.65. The molecule has 44 heavy (non-hydrogen) atoms. The van der Waals surface area contributed by atoms with Gasteiger partial charge in [0.15, 0.2) is 0 Å². The molecule has 3 rings (SSSR count). The highest BCUT2D eigenvalue weighted by atomic mass is 17.2. The average molecular weight is 612 g/mol. The van der Waals surface area contributed by atoms with Gasteiger partial charge in [-0.15, -0.1) is 0 Å². The fourth-order valence-corrected chi connectivity index (χ4v) is 4.83. The molecule has 0 radical (unpaired) electrons. The Kier molecular flexibility index (Phi) is 12.7. The second kappa shape index (κ2) is 16.4. The first kappa shape index (κ1) is 34.0. The molecule has 0 aliphatic heterocycles. The lowest BCUT2D eigenvalue weighted by Crippen LogP contribution is -2.58. The van der Waals surface area contributed by atoms with Crippen LogP contribution in [0.5, 0.6) is 0 Å². The zero-order valence-electron chi connectivity index (χ0n) is 25.3. The van der Waals surface area contributed by atoms with Crippen LogP contribution >= 0.6 is 0 Å². The van der Waals surface area contributed by atoms with Gasteiger partial charge in [0.1, 0.15) is 18.4 Å². The maximum Gasteiger partial charge on any atom is 0.344 e. The number of rotatable bonds is 16. The van der Waals surface area contributed by atoms with E-state index in [0.29, 0.717) is 19.1 Å². The summed E-state index contributed by atoms with van der Waals surface area (Å²) in [5.74, 6) is -2.60. The minimum atomic E-state index is -1.14. The van der Waals surface area contributed by atoms with Gasteiger partial charge in [0.05, 0.1) is 31.4 Å². The predicted octanol–water partition coefficient (Wildman–Crippen LogP) is 1.65. The summed E-state index contributed by atoms with van der Waals surface area (Å²) in [5, 5.41) is 21.6. The number of hydrogen-bond donors (Lipinski definition) is 6. The van der Waals surface area contributed by atoms with Crippen LogP contribution in [0.2, 0.25) is 0 Å². The molecule has 0 saturated carbocycles. The van der Waals surface area contributed by atoms with Crippen LogP contribution in [0.25, 0.3) is 10.9 Å². The van der Waals surface area contributed by atoms with E-state index in [9.17, 15) is 29.1 Å². The number of para-hydroxylation sites is 1. The molecule has 1 aromatic heterocycles. The van der Waals surface area contributed by atoms with Gasteiger partial charge in [0.25, 0.3) is 0 Å². The molecule has 238 valence electrons. The summed E-state index contributed by atoms with van der Waals surface area (Å²) >= 11 is 0. The van der Waals surface area contributed by atoms with E-state index in [0.717, 1.165) is 29.1 Å². The Morgan fingerprint density at radius 3 is 2.23 bits per heavy atom. The van der Waals surface area contributed by atoms with E-state index < -0.39 is 47.9 Å². The first-order valence-corrected chi connectivity index (χ1v) is 14.5. The van der Waals surface area contributed by atoms with Crippen molar-refractivity contribution in [2.45, 2.75) is 70.1 Å². The summed E-state index contributed by atoms with van der Waals surface area (Å²) in [6, 6.07) is 3.49. The summed E-state index contributed by atoms with van der Waals surface area (Å²) in [6.45, 7) is 3.59. The number of H-pyrrole nitrogens is 1. The maximum absolute atomic E-state index is 13.8. The Balaban J connectivity index is 1.89. The summed E-state index contributed by atoms with van der Waals surface area (Å²) in [6.07, 6.45) is 6.31. The number of aldehydes is 1. The summed E-state index contributed by atoms with van der Waals surface area (Å²) in [4.78, 5) is 76.2. The molecule has 0 fully saturated rings. The fraction of sp³-hybridized carbons (Fsp3) is 0.452. The third-order valence-corrected chi connectivity index (χ3v) is 7.43. The molecule has 3 amide bonds. The molecule has 13 heteroatoms. The van der Waals surface area contributed by atoms with Crippen molar-refractivity contribution in [3.05, 3.63) is 59.5 Å². The third kappa shape index (κ3) is 9.51. The molecule has 0 bridgehead atoms. The van der Waals surface area contributed by atoms with E-state index in [1.807, 2.05) is 24.3 Å². The number of carbonyl (C=O) groups is 5. The standard InChI is InChI=1S/C31H41N5O8/c1-18(2)27(17-37)36-31(42)26(14-20-16-33-23-8-6-5-7-22(20)23)35-30(41)25(13-19-9-11-21(38)12-10-19)34-29(40)24(32-3)15-28(39)44-43-4/h5-9,11,16-18,24-27,32-33,38H,10,12-15H2,1-4H3,(H,34,40)(H,35,41)(H,36,42). The van der Waals surface area contributed by atoms with Crippen LogP contribution < -0.4 is 21.3 Å².